The fourth-order valence-corrected chi connectivity index (χ4v) is 1.94. The van der Waals surface area contributed by atoms with Gasteiger partial charge in [0.2, 0.25) is 0 Å². The van der Waals surface area contributed by atoms with Crippen molar-refractivity contribution in [3.63, 3.8) is 0 Å². The zero-order valence-electron chi connectivity index (χ0n) is 12.1. The molecule has 1 unspecified atom stereocenters. The summed E-state index contributed by atoms with van der Waals surface area (Å²) >= 11 is 0. The molecule has 0 aromatic heterocycles. The number of ether oxygens (including phenoxy) is 1. The first-order chi connectivity index (χ1) is 10.6. The molecule has 2 aromatic carbocycles. The molecule has 2 rings (SSSR count). The van der Waals surface area contributed by atoms with E-state index in [0.29, 0.717) is 17.6 Å². The predicted octanol–water partition coefficient (Wildman–Crippen LogP) is 2.89. The van der Waals surface area contributed by atoms with Crippen LogP contribution in [0.25, 0.3) is 0 Å². The van der Waals surface area contributed by atoms with E-state index in [-0.39, 0.29) is 24.4 Å². The van der Waals surface area contributed by atoms with Crippen molar-refractivity contribution in [2.75, 3.05) is 6.61 Å². The van der Waals surface area contributed by atoms with Crippen LogP contribution >= 0.6 is 0 Å². The lowest BCUT2D eigenvalue weighted by atomic mass is 10.1. The van der Waals surface area contributed by atoms with E-state index in [9.17, 15) is 14.0 Å². The molecule has 4 nitrogen and oxygen atoms in total. The Balaban J connectivity index is 1.87. The van der Waals surface area contributed by atoms with Crippen LogP contribution in [-0.4, -0.2) is 18.8 Å². The van der Waals surface area contributed by atoms with Crippen molar-refractivity contribution in [1.29, 1.82) is 0 Å². The van der Waals surface area contributed by atoms with Gasteiger partial charge in [0.1, 0.15) is 17.9 Å². The molecule has 0 aliphatic carbocycles. The molecule has 2 aromatic rings. The van der Waals surface area contributed by atoms with Gasteiger partial charge >= 0.3 is 0 Å². The van der Waals surface area contributed by atoms with Crippen LogP contribution in [0.5, 0.6) is 5.75 Å². The highest BCUT2D eigenvalue weighted by Gasteiger charge is 2.10. The van der Waals surface area contributed by atoms with Crippen LogP contribution in [0, 0.1) is 5.82 Å². The molecule has 0 saturated carbocycles. The Hall–Kier alpha value is -2.69. The number of rotatable bonds is 6. The maximum atomic E-state index is 12.9. The number of carbonyl (C=O) groups excluding carboxylic acids is 2. The maximum absolute atomic E-state index is 12.9. The molecule has 0 bridgehead atoms. The number of carbonyl (C=O) groups is 2. The molecule has 0 fully saturated rings. The molecule has 1 amide bonds. The second-order valence-electron chi connectivity index (χ2n) is 4.82. The van der Waals surface area contributed by atoms with E-state index in [0.717, 1.165) is 5.56 Å². The van der Waals surface area contributed by atoms with E-state index >= 15 is 0 Å². The first-order valence-corrected chi connectivity index (χ1v) is 6.81. The van der Waals surface area contributed by atoms with Gasteiger partial charge in [0.05, 0.1) is 6.04 Å². The minimum absolute atomic E-state index is 0.159. The number of hydrogen-bond donors (Lipinski definition) is 1. The maximum Gasteiger partial charge on any atom is 0.258 e. The van der Waals surface area contributed by atoms with Crippen molar-refractivity contribution >= 4 is 12.2 Å². The van der Waals surface area contributed by atoms with E-state index < -0.39 is 0 Å². The van der Waals surface area contributed by atoms with Crippen molar-refractivity contribution in [1.82, 2.24) is 5.32 Å². The lowest BCUT2D eigenvalue weighted by molar-refractivity contribution is -0.123. The molecule has 0 spiro atoms. The van der Waals surface area contributed by atoms with Gasteiger partial charge < -0.3 is 10.1 Å². The van der Waals surface area contributed by atoms with Crippen LogP contribution in [0.1, 0.15) is 28.9 Å². The SMILES string of the molecule is CC(NC(=O)COc1cccc(C=O)c1)c1ccc(F)cc1. The summed E-state index contributed by atoms with van der Waals surface area (Å²) in [6, 6.07) is 12.2. The summed E-state index contributed by atoms with van der Waals surface area (Å²) in [6.07, 6.45) is 0.712. The largest absolute Gasteiger partial charge is 0.484 e. The van der Waals surface area contributed by atoms with E-state index in [1.165, 1.54) is 12.1 Å². The van der Waals surface area contributed by atoms with Gasteiger partial charge in [-0.05, 0) is 36.8 Å². The minimum atomic E-state index is -0.319. The van der Waals surface area contributed by atoms with Crippen LogP contribution in [0.3, 0.4) is 0 Å². The molecule has 0 aliphatic heterocycles. The summed E-state index contributed by atoms with van der Waals surface area (Å²) in [5.41, 5.74) is 1.29. The number of benzene rings is 2. The molecule has 0 heterocycles. The van der Waals surface area contributed by atoms with Gasteiger partial charge in [0.15, 0.2) is 6.61 Å². The highest BCUT2D eigenvalue weighted by Crippen LogP contribution is 2.14. The molecular formula is C17H16FNO3. The zero-order valence-corrected chi connectivity index (χ0v) is 12.1. The zero-order chi connectivity index (χ0) is 15.9. The lowest BCUT2D eigenvalue weighted by Crippen LogP contribution is -2.31. The van der Waals surface area contributed by atoms with Crippen molar-refractivity contribution in [2.45, 2.75) is 13.0 Å². The normalized spacial score (nSPS) is 11.5. The van der Waals surface area contributed by atoms with E-state index in [1.54, 1.807) is 43.3 Å². The molecule has 22 heavy (non-hydrogen) atoms. The number of hydrogen-bond acceptors (Lipinski definition) is 3. The number of nitrogens with one attached hydrogen (secondary N) is 1. The summed E-state index contributed by atoms with van der Waals surface area (Å²) in [7, 11) is 0. The summed E-state index contributed by atoms with van der Waals surface area (Å²) < 4.78 is 18.2. The standard InChI is InChI=1S/C17H16FNO3/c1-12(14-5-7-15(18)8-6-14)19-17(21)11-22-16-4-2-3-13(9-16)10-20/h2-10,12H,11H2,1H3,(H,19,21). The van der Waals surface area contributed by atoms with E-state index in [4.69, 9.17) is 4.74 Å². The smallest absolute Gasteiger partial charge is 0.258 e. The Kier molecular flexibility index (Phi) is 5.25. The summed E-state index contributed by atoms with van der Waals surface area (Å²) in [4.78, 5) is 22.5. The average molecular weight is 301 g/mol. The molecule has 0 aliphatic rings. The molecule has 1 N–H and O–H groups in total. The van der Waals surface area contributed by atoms with Crippen LogP contribution < -0.4 is 10.1 Å². The third-order valence-corrected chi connectivity index (χ3v) is 3.11. The van der Waals surface area contributed by atoms with Gasteiger partial charge in [-0.25, -0.2) is 4.39 Å². The molecule has 114 valence electrons. The first kappa shape index (κ1) is 15.7. The van der Waals surface area contributed by atoms with Gasteiger partial charge in [-0.3, -0.25) is 9.59 Å². The van der Waals surface area contributed by atoms with Crippen molar-refractivity contribution in [3.8, 4) is 5.75 Å². The molecule has 5 heteroatoms. The Morgan fingerprint density at radius 1 is 1.27 bits per heavy atom. The van der Waals surface area contributed by atoms with Gasteiger partial charge in [0.25, 0.3) is 5.91 Å². The van der Waals surface area contributed by atoms with Gasteiger partial charge in [0, 0.05) is 5.56 Å². The van der Waals surface area contributed by atoms with Gasteiger partial charge in [-0.2, -0.15) is 0 Å². The van der Waals surface area contributed by atoms with Crippen molar-refractivity contribution in [2.24, 2.45) is 0 Å². The van der Waals surface area contributed by atoms with Crippen molar-refractivity contribution < 1.29 is 18.7 Å². The molecule has 0 radical (unpaired) electrons. The lowest BCUT2D eigenvalue weighted by Gasteiger charge is -2.14. The van der Waals surface area contributed by atoms with Crippen LogP contribution in [-0.2, 0) is 4.79 Å². The van der Waals surface area contributed by atoms with Gasteiger partial charge in [-0.1, -0.05) is 24.3 Å². The minimum Gasteiger partial charge on any atom is -0.484 e. The van der Waals surface area contributed by atoms with Crippen LogP contribution in [0.4, 0.5) is 4.39 Å². The summed E-state index contributed by atoms with van der Waals surface area (Å²) in [6.45, 7) is 1.64. The Morgan fingerprint density at radius 2 is 2.00 bits per heavy atom. The predicted molar refractivity (Wildman–Crippen MR) is 80.3 cm³/mol. The number of aldehydes is 1. The van der Waals surface area contributed by atoms with Crippen LogP contribution in [0.15, 0.2) is 48.5 Å². The number of halogens is 1. The topological polar surface area (TPSA) is 55.4 Å². The first-order valence-electron chi connectivity index (χ1n) is 6.81. The Bertz CT molecular complexity index is 655. The number of amides is 1. The Labute approximate surface area is 127 Å². The monoisotopic (exact) mass is 301 g/mol. The third kappa shape index (κ3) is 4.41. The average Bonchev–Trinajstić information content (AvgIpc) is 2.53. The quantitative estimate of drug-likeness (QED) is 0.835. The second kappa shape index (κ2) is 7.36. The molecular weight excluding hydrogens is 285 g/mol. The third-order valence-electron chi connectivity index (χ3n) is 3.11. The summed E-state index contributed by atoms with van der Waals surface area (Å²) in [5.74, 6) is -0.164. The highest BCUT2D eigenvalue weighted by molar-refractivity contribution is 5.78. The summed E-state index contributed by atoms with van der Waals surface area (Å²) in [5, 5.41) is 2.76. The van der Waals surface area contributed by atoms with Gasteiger partial charge in [-0.15, -0.1) is 0 Å². The van der Waals surface area contributed by atoms with Crippen LogP contribution in [0.2, 0.25) is 0 Å². The highest BCUT2D eigenvalue weighted by atomic mass is 19.1. The molecule has 1 atom stereocenters. The fraction of sp³-hybridized carbons (Fsp3) is 0.176. The van der Waals surface area contributed by atoms with E-state index in [2.05, 4.69) is 5.32 Å². The second-order valence-corrected chi connectivity index (χ2v) is 4.82. The fourth-order valence-electron chi connectivity index (χ4n) is 1.94. The van der Waals surface area contributed by atoms with Crippen molar-refractivity contribution in [3.05, 3.63) is 65.5 Å². The molecule has 0 saturated heterocycles. The van der Waals surface area contributed by atoms with E-state index in [1.807, 2.05) is 0 Å². The Morgan fingerprint density at radius 3 is 2.68 bits per heavy atom.